The van der Waals surface area contributed by atoms with E-state index in [1.807, 2.05) is 14.0 Å². The molecule has 0 saturated heterocycles. The summed E-state index contributed by atoms with van der Waals surface area (Å²) in [7, 11) is 1.81. The second-order valence-corrected chi connectivity index (χ2v) is 6.79. The Morgan fingerprint density at radius 2 is 2.26 bits per heavy atom. The van der Waals surface area contributed by atoms with Gasteiger partial charge >= 0.3 is 0 Å². The molecule has 0 amide bonds. The fourth-order valence-electron chi connectivity index (χ4n) is 3.05. The number of nitrogens with two attached hydrogens (primary N) is 1. The molecular formula is C14H25N3OS. The molecule has 1 saturated carbocycles. The highest BCUT2D eigenvalue weighted by Crippen LogP contribution is 2.37. The molecule has 1 aromatic rings. The molecule has 0 aromatic carbocycles. The van der Waals surface area contributed by atoms with Crippen molar-refractivity contribution in [1.29, 1.82) is 0 Å². The van der Waals surface area contributed by atoms with Gasteiger partial charge in [0.25, 0.3) is 0 Å². The summed E-state index contributed by atoms with van der Waals surface area (Å²) >= 11 is 1.69. The highest BCUT2D eigenvalue weighted by molar-refractivity contribution is 7.09. The van der Waals surface area contributed by atoms with Crippen LogP contribution in [-0.4, -0.2) is 23.7 Å². The van der Waals surface area contributed by atoms with Crippen molar-refractivity contribution in [2.24, 2.45) is 11.8 Å². The molecule has 1 unspecified atom stereocenters. The molecule has 1 fully saturated rings. The van der Waals surface area contributed by atoms with Crippen LogP contribution in [-0.2, 0) is 11.2 Å². The lowest BCUT2D eigenvalue weighted by molar-refractivity contribution is -0.0748. The van der Waals surface area contributed by atoms with Gasteiger partial charge in [0.05, 0.1) is 22.3 Å². The minimum Gasteiger partial charge on any atom is -0.377 e. The van der Waals surface area contributed by atoms with Crippen molar-refractivity contribution in [2.75, 3.05) is 7.11 Å². The SMILES string of the molecule is COC1(C(Cc2csc(C)n2)NN)CCC(C)CC1. The van der Waals surface area contributed by atoms with Crippen molar-refractivity contribution < 1.29 is 4.74 Å². The predicted octanol–water partition coefficient (Wildman–Crippen LogP) is 2.42. The van der Waals surface area contributed by atoms with Crippen LogP contribution in [0.3, 0.4) is 0 Å². The zero-order valence-electron chi connectivity index (χ0n) is 12.1. The first-order chi connectivity index (χ1) is 9.09. The monoisotopic (exact) mass is 283 g/mol. The van der Waals surface area contributed by atoms with E-state index in [-0.39, 0.29) is 11.6 Å². The molecule has 0 radical (unpaired) electrons. The maximum Gasteiger partial charge on any atom is 0.0897 e. The third-order valence-corrected chi connectivity index (χ3v) is 5.27. The first kappa shape index (κ1) is 14.9. The van der Waals surface area contributed by atoms with Crippen LogP contribution in [0.2, 0.25) is 0 Å². The van der Waals surface area contributed by atoms with E-state index in [9.17, 15) is 0 Å². The van der Waals surface area contributed by atoms with Gasteiger partial charge in [-0.25, -0.2) is 4.98 Å². The Hall–Kier alpha value is -0.490. The van der Waals surface area contributed by atoms with E-state index < -0.39 is 0 Å². The number of aromatic nitrogens is 1. The number of nitrogens with one attached hydrogen (secondary N) is 1. The summed E-state index contributed by atoms with van der Waals surface area (Å²) in [5.41, 5.74) is 3.95. The third-order valence-electron chi connectivity index (χ3n) is 4.44. The van der Waals surface area contributed by atoms with E-state index in [1.54, 1.807) is 11.3 Å². The Balaban J connectivity index is 2.10. The molecule has 4 nitrogen and oxygen atoms in total. The van der Waals surface area contributed by atoms with Gasteiger partial charge in [0, 0.05) is 18.9 Å². The largest absolute Gasteiger partial charge is 0.377 e. The number of aryl methyl sites for hydroxylation is 1. The van der Waals surface area contributed by atoms with Gasteiger partial charge in [-0.1, -0.05) is 6.92 Å². The highest BCUT2D eigenvalue weighted by Gasteiger charge is 2.41. The van der Waals surface area contributed by atoms with Gasteiger partial charge in [0.15, 0.2) is 0 Å². The van der Waals surface area contributed by atoms with Crippen LogP contribution in [0.1, 0.15) is 43.3 Å². The van der Waals surface area contributed by atoms with Gasteiger partial charge in [0.2, 0.25) is 0 Å². The van der Waals surface area contributed by atoms with Crippen molar-refractivity contribution in [3.63, 3.8) is 0 Å². The average Bonchev–Trinajstić information content (AvgIpc) is 2.83. The molecule has 1 aliphatic rings. The summed E-state index contributed by atoms with van der Waals surface area (Å²) in [6.07, 6.45) is 5.40. The molecule has 1 aromatic heterocycles. The molecule has 0 aliphatic heterocycles. The molecule has 1 atom stereocenters. The highest BCUT2D eigenvalue weighted by atomic mass is 32.1. The van der Waals surface area contributed by atoms with Gasteiger partial charge in [-0.3, -0.25) is 11.3 Å². The lowest BCUT2D eigenvalue weighted by atomic mass is 9.74. The van der Waals surface area contributed by atoms with Gasteiger partial charge in [-0.15, -0.1) is 11.3 Å². The molecule has 0 bridgehead atoms. The van der Waals surface area contributed by atoms with Crippen LogP contribution in [0.15, 0.2) is 5.38 Å². The number of rotatable bonds is 5. The first-order valence-electron chi connectivity index (χ1n) is 7.02. The minimum absolute atomic E-state index is 0.131. The maximum absolute atomic E-state index is 5.89. The van der Waals surface area contributed by atoms with Gasteiger partial charge in [-0.05, 0) is 38.5 Å². The second kappa shape index (κ2) is 6.31. The zero-order valence-corrected chi connectivity index (χ0v) is 12.9. The standard InChI is InChI=1S/C14H25N3OS/c1-10-4-6-14(18-3,7-5-10)13(17-15)8-12-9-19-11(2)16-12/h9-10,13,17H,4-8,15H2,1-3H3. The Bertz CT molecular complexity index is 399. The van der Waals surface area contributed by atoms with Crippen LogP contribution in [0.5, 0.6) is 0 Å². The second-order valence-electron chi connectivity index (χ2n) is 5.73. The Labute approximate surface area is 119 Å². The number of nitrogens with zero attached hydrogens (tertiary/aromatic N) is 1. The first-order valence-corrected chi connectivity index (χ1v) is 7.90. The molecule has 5 heteroatoms. The number of methoxy groups -OCH3 is 1. The predicted molar refractivity (Wildman–Crippen MR) is 79.0 cm³/mol. The summed E-state index contributed by atoms with van der Waals surface area (Å²) in [6, 6.07) is 0.131. The van der Waals surface area contributed by atoms with Crippen molar-refractivity contribution in [3.8, 4) is 0 Å². The van der Waals surface area contributed by atoms with Crippen LogP contribution < -0.4 is 11.3 Å². The van der Waals surface area contributed by atoms with E-state index >= 15 is 0 Å². The summed E-state index contributed by atoms with van der Waals surface area (Å²) in [6.45, 7) is 4.35. The number of hydrogen-bond donors (Lipinski definition) is 2. The molecule has 0 spiro atoms. The summed E-state index contributed by atoms with van der Waals surface area (Å²) in [5.74, 6) is 6.59. The van der Waals surface area contributed by atoms with Gasteiger partial charge in [0.1, 0.15) is 0 Å². The van der Waals surface area contributed by atoms with Crippen LogP contribution in [0.4, 0.5) is 0 Å². The normalized spacial score (nSPS) is 29.4. The summed E-state index contributed by atoms with van der Waals surface area (Å²) < 4.78 is 5.89. The smallest absolute Gasteiger partial charge is 0.0897 e. The van der Waals surface area contributed by atoms with E-state index in [2.05, 4.69) is 22.7 Å². The lowest BCUT2D eigenvalue weighted by Gasteiger charge is -2.43. The van der Waals surface area contributed by atoms with Crippen LogP contribution >= 0.6 is 11.3 Å². The van der Waals surface area contributed by atoms with E-state index in [1.165, 1.54) is 12.8 Å². The van der Waals surface area contributed by atoms with E-state index in [4.69, 9.17) is 10.6 Å². The van der Waals surface area contributed by atoms with Crippen molar-refractivity contribution in [3.05, 3.63) is 16.1 Å². The Kier molecular flexibility index (Phi) is 4.95. The molecule has 1 heterocycles. The minimum atomic E-state index is -0.140. The third kappa shape index (κ3) is 3.34. The molecule has 1 aliphatic carbocycles. The Morgan fingerprint density at radius 1 is 1.58 bits per heavy atom. The average molecular weight is 283 g/mol. The Morgan fingerprint density at radius 3 is 2.74 bits per heavy atom. The molecule has 2 rings (SSSR count). The van der Waals surface area contributed by atoms with Gasteiger partial charge < -0.3 is 4.74 Å². The van der Waals surface area contributed by atoms with Crippen molar-refractivity contribution in [2.45, 2.75) is 57.6 Å². The maximum atomic E-state index is 5.89. The van der Waals surface area contributed by atoms with E-state index in [0.717, 1.165) is 35.9 Å². The fourth-order valence-corrected chi connectivity index (χ4v) is 3.68. The summed E-state index contributed by atoms with van der Waals surface area (Å²) in [5, 5.41) is 3.23. The molecule has 3 N–H and O–H groups in total. The zero-order chi connectivity index (χ0) is 13.9. The molecule has 108 valence electrons. The van der Waals surface area contributed by atoms with Crippen LogP contribution in [0, 0.1) is 12.8 Å². The number of hydrazine groups is 1. The van der Waals surface area contributed by atoms with Crippen molar-refractivity contribution in [1.82, 2.24) is 10.4 Å². The number of ether oxygens (including phenoxy) is 1. The fraction of sp³-hybridized carbons (Fsp3) is 0.786. The molecular weight excluding hydrogens is 258 g/mol. The van der Waals surface area contributed by atoms with Gasteiger partial charge in [-0.2, -0.15) is 0 Å². The quantitative estimate of drug-likeness (QED) is 0.643. The number of hydrogen-bond acceptors (Lipinski definition) is 5. The number of thiazole rings is 1. The molecule has 19 heavy (non-hydrogen) atoms. The van der Waals surface area contributed by atoms with Crippen molar-refractivity contribution >= 4 is 11.3 Å². The lowest BCUT2D eigenvalue weighted by Crippen LogP contribution is -2.57. The van der Waals surface area contributed by atoms with Crippen LogP contribution in [0.25, 0.3) is 0 Å². The van der Waals surface area contributed by atoms with E-state index in [0.29, 0.717) is 0 Å². The topological polar surface area (TPSA) is 60.2 Å². The summed E-state index contributed by atoms with van der Waals surface area (Å²) in [4.78, 5) is 4.54.